The molecule has 0 aromatic carbocycles. The first-order valence-electron chi connectivity index (χ1n) is 7.43. The molecule has 3 N–H and O–H groups in total. The zero-order valence-corrected chi connectivity index (χ0v) is 12.5. The van der Waals surface area contributed by atoms with E-state index in [4.69, 9.17) is 5.73 Å². The van der Waals surface area contributed by atoms with E-state index in [-0.39, 0.29) is 5.91 Å². The van der Waals surface area contributed by atoms with Crippen LogP contribution in [0, 0.1) is 11.3 Å². The third kappa shape index (κ3) is 4.04. The molecular weight excluding hydrogens is 250 g/mol. The number of carbonyl (C=O) groups is 1. The van der Waals surface area contributed by atoms with E-state index in [1.165, 1.54) is 25.7 Å². The molecule has 0 bridgehead atoms. The van der Waals surface area contributed by atoms with Crippen LogP contribution in [0.5, 0.6) is 0 Å². The maximum Gasteiger partial charge on any atom is 0.251 e. The van der Waals surface area contributed by atoms with Gasteiger partial charge in [0.2, 0.25) is 0 Å². The Morgan fingerprint density at radius 1 is 1.45 bits per heavy atom. The molecule has 0 saturated heterocycles. The van der Waals surface area contributed by atoms with Crippen molar-refractivity contribution >= 4 is 5.91 Å². The van der Waals surface area contributed by atoms with Crippen molar-refractivity contribution in [3.63, 3.8) is 0 Å². The molecule has 1 aliphatic carbocycles. The van der Waals surface area contributed by atoms with Crippen molar-refractivity contribution in [2.75, 3.05) is 6.54 Å². The Balaban J connectivity index is 1.83. The SMILES string of the molecule is CC1(C)CCC(CNC(=O)c2ccnc(CN)c2)CC1. The van der Waals surface area contributed by atoms with Gasteiger partial charge in [-0.2, -0.15) is 0 Å². The van der Waals surface area contributed by atoms with Crippen LogP contribution in [0.3, 0.4) is 0 Å². The van der Waals surface area contributed by atoms with E-state index in [1.54, 1.807) is 18.3 Å². The predicted molar refractivity (Wildman–Crippen MR) is 80.2 cm³/mol. The van der Waals surface area contributed by atoms with Crippen LogP contribution in [0.1, 0.15) is 55.6 Å². The van der Waals surface area contributed by atoms with Crippen molar-refractivity contribution in [3.05, 3.63) is 29.6 Å². The van der Waals surface area contributed by atoms with Gasteiger partial charge in [0.25, 0.3) is 5.91 Å². The number of hydrogen-bond donors (Lipinski definition) is 2. The molecule has 1 aromatic rings. The summed E-state index contributed by atoms with van der Waals surface area (Å²) in [5.74, 6) is 0.592. The van der Waals surface area contributed by atoms with E-state index in [1.807, 2.05) is 0 Å². The first-order valence-corrected chi connectivity index (χ1v) is 7.43. The number of nitrogens with two attached hydrogens (primary N) is 1. The summed E-state index contributed by atoms with van der Waals surface area (Å²) in [5, 5.41) is 3.04. The number of amides is 1. The molecular formula is C16H25N3O. The topological polar surface area (TPSA) is 68.0 Å². The van der Waals surface area contributed by atoms with Gasteiger partial charge in [-0.3, -0.25) is 9.78 Å². The second-order valence-corrected chi connectivity index (χ2v) is 6.56. The minimum atomic E-state index is -0.0214. The van der Waals surface area contributed by atoms with Gasteiger partial charge in [0.15, 0.2) is 0 Å². The smallest absolute Gasteiger partial charge is 0.251 e. The molecule has 1 heterocycles. The van der Waals surface area contributed by atoms with Gasteiger partial charge in [0.05, 0.1) is 5.69 Å². The van der Waals surface area contributed by atoms with E-state index in [0.29, 0.717) is 23.4 Å². The number of carbonyl (C=O) groups excluding carboxylic acids is 1. The highest BCUT2D eigenvalue weighted by Crippen LogP contribution is 2.37. The first kappa shape index (κ1) is 15.0. The highest BCUT2D eigenvalue weighted by molar-refractivity contribution is 5.94. The molecule has 110 valence electrons. The quantitative estimate of drug-likeness (QED) is 0.887. The van der Waals surface area contributed by atoms with Gasteiger partial charge in [-0.25, -0.2) is 0 Å². The Labute approximate surface area is 121 Å². The summed E-state index contributed by atoms with van der Waals surface area (Å²) in [6.07, 6.45) is 6.55. The lowest BCUT2D eigenvalue weighted by Crippen LogP contribution is -2.32. The third-order valence-electron chi connectivity index (χ3n) is 4.30. The second kappa shape index (κ2) is 6.35. The molecule has 1 amide bonds. The number of pyridine rings is 1. The summed E-state index contributed by atoms with van der Waals surface area (Å²) in [6.45, 7) is 5.79. The van der Waals surface area contributed by atoms with Crippen molar-refractivity contribution in [2.24, 2.45) is 17.1 Å². The molecule has 4 heteroatoms. The number of aromatic nitrogens is 1. The summed E-state index contributed by atoms with van der Waals surface area (Å²) in [6, 6.07) is 3.50. The Kier molecular flexibility index (Phi) is 4.76. The molecule has 20 heavy (non-hydrogen) atoms. The third-order valence-corrected chi connectivity index (χ3v) is 4.30. The molecule has 0 aliphatic heterocycles. The van der Waals surface area contributed by atoms with Crippen LogP contribution in [0.2, 0.25) is 0 Å². The van der Waals surface area contributed by atoms with Gasteiger partial charge < -0.3 is 11.1 Å². The Morgan fingerprint density at radius 2 is 2.15 bits per heavy atom. The lowest BCUT2D eigenvalue weighted by Gasteiger charge is -2.34. The van der Waals surface area contributed by atoms with Crippen LogP contribution in [-0.4, -0.2) is 17.4 Å². The largest absolute Gasteiger partial charge is 0.352 e. The van der Waals surface area contributed by atoms with Crippen LogP contribution in [-0.2, 0) is 6.54 Å². The number of nitrogens with zero attached hydrogens (tertiary/aromatic N) is 1. The molecule has 1 aromatic heterocycles. The molecule has 1 aliphatic rings. The lowest BCUT2D eigenvalue weighted by molar-refractivity contribution is 0.0936. The van der Waals surface area contributed by atoms with Crippen molar-refractivity contribution < 1.29 is 4.79 Å². The van der Waals surface area contributed by atoms with Gasteiger partial charge in [-0.15, -0.1) is 0 Å². The maximum atomic E-state index is 12.1. The van der Waals surface area contributed by atoms with Crippen molar-refractivity contribution in [3.8, 4) is 0 Å². The lowest BCUT2D eigenvalue weighted by atomic mass is 9.73. The van der Waals surface area contributed by atoms with Crippen LogP contribution in [0.25, 0.3) is 0 Å². The zero-order chi connectivity index (χ0) is 14.6. The summed E-state index contributed by atoms with van der Waals surface area (Å²) < 4.78 is 0. The predicted octanol–water partition coefficient (Wildman–Crippen LogP) is 2.49. The molecule has 2 rings (SSSR count). The van der Waals surface area contributed by atoms with Gasteiger partial charge in [-0.1, -0.05) is 13.8 Å². The van der Waals surface area contributed by atoms with Crippen molar-refractivity contribution in [1.29, 1.82) is 0 Å². The number of rotatable bonds is 4. The second-order valence-electron chi connectivity index (χ2n) is 6.56. The van der Waals surface area contributed by atoms with Gasteiger partial charge in [0.1, 0.15) is 0 Å². The molecule has 0 unspecified atom stereocenters. The highest BCUT2D eigenvalue weighted by Gasteiger charge is 2.26. The Bertz CT molecular complexity index is 461. The van der Waals surface area contributed by atoms with Gasteiger partial charge in [0, 0.05) is 24.8 Å². The summed E-state index contributed by atoms with van der Waals surface area (Å²) >= 11 is 0. The molecule has 1 saturated carbocycles. The number of nitrogens with one attached hydrogen (secondary N) is 1. The van der Waals surface area contributed by atoms with Crippen molar-refractivity contribution in [2.45, 2.75) is 46.1 Å². The van der Waals surface area contributed by atoms with Crippen LogP contribution >= 0.6 is 0 Å². The fourth-order valence-electron chi connectivity index (χ4n) is 2.73. The maximum absolute atomic E-state index is 12.1. The molecule has 0 atom stereocenters. The monoisotopic (exact) mass is 275 g/mol. The van der Waals surface area contributed by atoms with E-state index in [9.17, 15) is 4.79 Å². The highest BCUT2D eigenvalue weighted by atomic mass is 16.1. The summed E-state index contributed by atoms with van der Waals surface area (Å²) in [4.78, 5) is 16.2. The standard InChI is InChI=1S/C16H25N3O/c1-16(2)6-3-12(4-7-16)11-19-15(20)13-5-8-18-14(9-13)10-17/h5,8-9,12H,3-4,6-7,10-11,17H2,1-2H3,(H,19,20). The van der Waals surface area contributed by atoms with E-state index in [0.717, 1.165) is 12.2 Å². The minimum Gasteiger partial charge on any atom is -0.352 e. The summed E-state index contributed by atoms with van der Waals surface area (Å²) in [5.41, 5.74) is 7.41. The zero-order valence-electron chi connectivity index (χ0n) is 12.5. The fourth-order valence-corrected chi connectivity index (χ4v) is 2.73. The molecule has 1 fully saturated rings. The normalized spacial score (nSPS) is 18.8. The van der Waals surface area contributed by atoms with Gasteiger partial charge in [-0.05, 0) is 49.1 Å². The number of hydrogen-bond acceptors (Lipinski definition) is 3. The molecule has 0 spiro atoms. The van der Waals surface area contributed by atoms with E-state index < -0.39 is 0 Å². The average molecular weight is 275 g/mol. The molecule has 0 radical (unpaired) electrons. The van der Waals surface area contributed by atoms with Gasteiger partial charge >= 0.3 is 0 Å². The summed E-state index contributed by atoms with van der Waals surface area (Å²) in [7, 11) is 0. The van der Waals surface area contributed by atoms with Crippen LogP contribution < -0.4 is 11.1 Å². The van der Waals surface area contributed by atoms with Crippen LogP contribution in [0.4, 0.5) is 0 Å². The first-order chi connectivity index (χ1) is 9.50. The Morgan fingerprint density at radius 3 is 2.80 bits per heavy atom. The minimum absolute atomic E-state index is 0.0214. The Hall–Kier alpha value is -1.42. The molecule has 4 nitrogen and oxygen atoms in total. The van der Waals surface area contributed by atoms with E-state index in [2.05, 4.69) is 24.1 Å². The van der Waals surface area contributed by atoms with Crippen molar-refractivity contribution in [1.82, 2.24) is 10.3 Å². The average Bonchev–Trinajstić information content (AvgIpc) is 2.46. The van der Waals surface area contributed by atoms with Crippen LogP contribution in [0.15, 0.2) is 18.3 Å². The van der Waals surface area contributed by atoms with E-state index >= 15 is 0 Å². The fraction of sp³-hybridized carbons (Fsp3) is 0.625.